The summed E-state index contributed by atoms with van der Waals surface area (Å²) in [4.78, 5) is 33.2. The predicted molar refractivity (Wildman–Crippen MR) is 111 cm³/mol. The molecular formula is C18H21N7O3S. The maximum absolute atomic E-state index is 12.2. The molecule has 0 saturated carbocycles. The first-order valence-electron chi connectivity index (χ1n) is 9.08. The average Bonchev–Trinajstić information content (AvgIpc) is 3.17. The Kier molecular flexibility index (Phi) is 5.43. The van der Waals surface area contributed by atoms with E-state index in [0.717, 1.165) is 5.56 Å². The summed E-state index contributed by atoms with van der Waals surface area (Å²) in [5.41, 5.74) is 9.93. The molecule has 3 aromatic rings. The SMILES string of the molecule is Cc1ccc(NC(=O)ON2CCN(c3nc(N)nc4scnc34)C[C@H]2CO)cc1. The van der Waals surface area contributed by atoms with Gasteiger partial charge in [0.05, 0.1) is 24.7 Å². The van der Waals surface area contributed by atoms with Gasteiger partial charge in [-0.1, -0.05) is 17.7 Å². The fraction of sp³-hybridized carbons (Fsp3) is 0.333. The molecule has 11 heteroatoms. The van der Waals surface area contributed by atoms with Crippen molar-refractivity contribution in [3.05, 3.63) is 35.3 Å². The number of anilines is 3. The van der Waals surface area contributed by atoms with Crippen molar-refractivity contribution in [2.45, 2.75) is 13.0 Å². The normalized spacial score (nSPS) is 17.4. The van der Waals surface area contributed by atoms with E-state index in [9.17, 15) is 9.90 Å². The lowest BCUT2D eigenvalue weighted by Crippen LogP contribution is -2.55. The number of nitrogens with one attached hydrogen (secondary N) is 1. The van der Waals surface area contributed by atoms with Crippen LogP contribution in [0, 0.1) is 6.92 Å². The molecule has 1 aromatic carbocycles. The van der Waals surface area contributed by atoms with Crippen molar-refractivity contribution in [3.8, 4) is 0 Å². The topological polar surface area (TPSA) is 130 Å². The van der Waals surface area contributed by atoms with Gasteiger partial charge in [-0.25, -0.2) is 14.8 Å². The Morgan fingerprint density at radius 1 is 1.34 bits per heavy atom. The van der Waals surface area contributed by atoms with E-state index in [1.807, 2.05) is 24.0 Å². The van der Waals surface area contributed by atoms with Gasteiger partial charge in [0.2, 0.25) is 5.95 Å². The van der Waals surface area contributed by atoms with E-state index < -0.39 is 12.1 Å². The number of rotatable bonds is 4. The lowest BCUT2D eigenvalue weighted by molar-refractivity contribution is -0.140. The number of fused-ring (bicyclic) bond motifs is 1. The summed E-state index contributed by atoms with van der Waals surface area (Å²) in [7, 11) is 0. The molecular weight excluding hydrogens is 394 g/mol. The number of nitrogens with zero attached hydrogens (tertiary/aromatic N) is 5. The second kappa shape index (κ2) is 8.15. The molecule has 1 saturated heterocycles. The fourth-order valence-corrected chi connectivity index (χ4v) is 3.83. The average molecular weight is 415 g/mol. The molecule has 0 bridgehead atoms. The van der Waals surface area contributed by atoms with Gasteiger partial charge in [-0.3, -0.25) is 5.32 Å². The number of aryl methyl sites for hydroxylation is 1. The van der Waals surface area contributed by atoms with Crippen molar-refractivity contribution in [2.75, 3.05) is 42.2 Å². The first-order chi connectivity index (χ1) is 14.0. The highest BCUT2D eigenvalue weighted by Gasteiger charge is 2.31. The highest BCUT2D eigenvalue weighted by atomic mass is 32.1. The van der Waals surface area contributed by atoms with Crippen LogP contribution < -0.4 is 16.0 Å². The number of aliphatic hydroxyl groups excluding tert-OH is 1. The number of amides is 1. The Balaban J connectivity index is 1.43. The van der Waals surface area contributed by atoms with E-state index in [-0.39, 0.29) is 12.6 Å². The van der Waals surface area contributed by atoms with Crippen molar-refractivity contribution < 1.29 is 14.7 Å². The number of carbonyl (C=O) groups is 1. The van der Waals surface area contributed by atoms with Crippen LogP contribution in [0.4, 0.5) is 22.2 Å². The maximum atomic E-state index is 12.2. The number of aromatic nitrogens is 3. The van der Waals surface area contributed by atoms with Crippen LogP contribution in [0.5, 0.6) is 0 Å². The van der Waals surface area contributed by atoms with Crippen LogP contribution in [-0.4, -0.2) is 63.5 Å². The first-order valence-corrected chi connectivity index (χ1v) is 9.96. The molecule has 1 aliphatic heterocycles. The number of hydroxylamine groups is 2. The monoisotopic (exact) mass is 415 g/mol. The van der Waals surface area contributed by atoms with Gasteiger partial charge in [0.25, 0.3) is 0 Å². The zero-order valence-corrected chi connectivity index (χ0v) is 16.6. The van der Waals surface area contributed by atoms with Gasteiger partial charge in [-0.2, -0.15) is 4.98 Å². The molecule has 0 aliphatic carbocycles. The van der Waals surface area contributed by atoms with Crippen LogP contribution in [0.15, 0.2) is 29.8 Å². The van der Waals surface area contributed by atoms with Gasteiger partial charge in [0.1, 0.15) is 5.52 Å². The third-order valence-electron chi connectivity index (χ3n) is 4.63. The van der Waals surface area contributed by atoms with Gasteiger partial charge in [0.15, 0.2) is 10.6 Å². The number of piperazine rings is 1. The number of thiazole rings is 1. The fourth-order valence-electron chi connectivity index (χ4n) is 3.17. The van der Waals surface area contributed by atoms with E-state index in [1.54, 1.807) is 17.6 Å². The van der Waals surface area contributed by atoms with E-state index >= 15 is 0 Å². The van der Waals surface area contributed by atoms with Crippen LogP contribution in [0.3, 0.4) is 0 Å². The van der Waals surface area contributed by atoms with Crippen LogP contribution in [-0.2, 0) is 4.84 Å². The third kappa shape index (κ3) is 4.21. The summed E-state index contributed by atoms with van der Waals surface area (Å²) < 4.78 is 0. The van der Waals surface area contributed by atoms with E-state index in [1.165, 1.54) is 16.4 Å². The minimum absolute atomic E-state index is 0.174. The van der Waals surface area contributed by atoms with Gasteiger partial charge in [-0.15, -0.1) is 16.4 Å². The van der Waals surface area contributed by atoms with Crippen molar-refractivity contribution in [1.82, 2.24) is 20.0 Å². The molecule has 0 unspecified atom stereocenters. The molecule has 0 radical (unpaired) electrons. The zero-order valence-electron chi connectivity index (χ0n) is 15.8. The molecule has 10 nitrogen and oxygen atoms in total. The number of carbonyl (C=O) groups excluding carboxylic acids is 1. The van der Waals surface area contributed by atoms with Gasteiger partial charge in [0, 0.05) is 18.8 Å². The van der Waals surface area contributed by atoms with Crippen LogP contribution in [0.1, 0.15) is 5.56 Å². The smallest absolute Gasteiger partial charge is 0.395 e. The highest BCUT2D eigenvalue weighted by Crippen LogP contribution is 2.28. The van der Waals surface area contributed by atoms with Gasteiger partial charge >= 0.3 is 6.09 Å². The Hall–Kier alpha value is -3.02. The molecule has 1 aliphatic rings. The number of hydrogen-bond donors (Lipinski definition) is 3. The lowest BCUT2D eigenvalue weighted by Gasteiger charge is -2.39. The minimum atomic E-state index is -0.603. The second-order valence-electron chi connectivity index (χ2n) is 6.70. The Bertz CT molecular complexity index is 1010. The number of aliphatic hydroxyl groups is 1. The largest absolute Gasteiger partial charge is 0.430 e. The van der Waals surface area contributed by atoms with Crippen molar-refractivity contribution in [2.24, 2.45) is 0 Å². The number of nitrogen functional groups attached to an aromatic ring is 1. The van der Waals surface area contributed by atoms with Crippen LogP contribution in [0.2, 0.25) is 0 Å². The zero-order chi connectivity index (χ0) is 20.4. The molecule has 4 N–H and O–H groups in total. The quantitative estimate of drug-likeness (QED) is 0.582. The molecule has 1 amide bonds. The lowest BCUT2D eigenvalue weighted by atomic mass is 10.2. The Labute approximate surface area is 170 Å². The van der Waals surface area contributed by atoms with Crippen LogP contribution >= 0.6 is 11.3 Å². The molecule has 4 rings (SSSR count). The summed E-state index contributed by atoms with van der Waals surface area (Å²) in [5.74, 6) is 0.796. The predicted octanol–water partition coefficient (Wildman–Crippen LogP) is 1.62. The summed E-state index contributed by atoms with van der Waals surface area (Å²) >= 11 is 1.39. The van der Waals surface area contributed by atoms with E-state index in [0.29, 0.717) is 41.5 Å². The summed E-state index contributed by atoms with van der Waals surface area (Å²) in [5, 5.41) is 14.0. The second-order valence-corrected chi connectivity index (χ2v) is 7.54. The first kappa shape index (κ1) is 19.3. The Morgan fingerprint density at radius 3 is 2.90 bits per heavy atom. The standard InChI is InChI=1S/C18H21N7O3S/c1-11-2-4-12(5-3-11)21-18(27)28-25-7-6-24(8-13(25)9-26)15-14-16(29-10-20-14)23-17(19)22-15/h2-5,10,13,26H,6-9H2,1H3,(H,21,27)(H2,19,22,23)/t13-/m0/s1. The highest BCUT2D eigenvalue weighted by molar-refractivity contribution is 7.16. The van der Waals surface area contributed by atoms with Crippen molar-refractivity contribution >= 4 is 45.2 Å². The van der Waals surface area contributed by atoms with Crippen LogP contribution in [0.25, 0.3) is 10.3 Å². The molecule has 0 spiro atoms. The summed E-state index contributed by atoms with van der Waals surface area (Å²) in [6, 6.07) is 6.99. The van der Waals surface area contributed by atoms with Crippen molar-refractivity contribution in [3.63, 3.8) is 0 Å². The van der Waals surface area contributed by atoms with E-state index in [2.05, 4.69) is 20.3 Å². The van der Waals surface area contributed by atoms with Crippen molar-refractivity contribution in [1.29, 1.82) is 0 Å². The molecule has 29 heavy (non-hydrogen) atoms. The molecule has 2 aromatic heterocycles. The number of hydrogen-bond acceptors (Lipinski definition) is 10. The number of nitrogens with two attached hydrogens (primary N) is 1. The molecule has 1 atom stereocenters. The third-order valence-corrected chi connectivity index (χ3v) is 5.35. The van der Waals surface area contributed by atoms with Gasteiger partial charge < -0.3 is 20.6 Å². The summed E-state index contributed by atoms with van der Waals surface area (Å²) in [6.07, 6.45) is -0.603. The molecule has 3 heterocycles. The maximum Gasteiger partial charge on any atom is 0.430 e. The summed E-state index contributed by atoms with van der Waals surface area (Å²) in [6.45, 7) is 3.10. The Morgan fingerprint density at radius 2 is 2.14 bits per heavy atom. The molecule has 1 fully saturated rings. The van der Waals surface area contributed by atoms with Gasteiger partial charge in [-0.05, 0) is 19.1 Å². The van der Waals surface area contributed by atoms with E-state index in [4.69, 9.17) is 10.6 Å². The number of benzene rings is 1. The minimum Gasteiger partial charge on any atom is -0.395 e. The molecule has 152 valence electrons.